The molecule has 2 aromatic carbocycles. The summed E-state index contributed by atoms with van der Waals surface area (Å²) in [5.74, 6) is -0.825. The molecule has 0 heterocycles. The minimum atomic E-state index is -0.947. The quantitative estimate of drug-likeness (QED) is 0.668. The van der Waals surface area contributed by atoms with Crippen LogP contribution in [0.15, 0.2) is 36.4 Å². The molecule has 0 radical (unpaired) electrons. The molecule has 1 unspecified atom stereocenters. The van der Waals surface area contributed by atoms with Gasteiger partial charge in [-0.25, -0.2) is 4.79 Å². The van der Waals surface area contributed by atoms with Crippen LogP contribution in [0, 0.1) is 0 Å². The number of aromatic hydroxyl groups is 1. The highest BCUT2D eigenvalue weighted by atomic mass is 16.5. The Morgan fingerprint density at radius 3 is 2.60 bits per heavy atom. The first-order valence-electron chi connectivity index (χ1n) is 8.23. The summed E-state index contributed by atoms with van der Waals surface area (Å²) in [6, 6.07) is 9.90. The van der Waals surface area contributed by atoms with Crippen molar-refractivity contribution in [1.82, 2.24) is 0 Å². The molecule has 1 N–H and O–H groups in total. The highest BCUT2D eigenvalue weighted by molar-refractivity contribution is 6.02. The van der Waals surface area contributed by atoms with Crippen molar-refractivity contribution < 1.29 is 24.2 Å². The van der Waals surface area contributed by atoms with Crippen LogP contribution in [-0.2, 0) is 17.6 Å². The highest BCUT2D eigenvalue weighted by Gasteiger charge is 2.23. The average molecular weight is 340 g/mol. The fourth-order valence-corrected chi connectivity index (χ4v) is 3.04. The van der Waals surface area contributed by atoms with E-state index in [1.165, 1.54) is 43.4 Å². The molecule has 25 heavy (non-hydrogen) atoms. The fourth-order valence-electron chi connectivity index (χ4n) is 3.04. The van der Waals surface area contributed by atoms with Gasteiger partial charge in [-0.05, 0) is 61.6 Å². The Morgan fingerprint density at radius 2 is 1.84 bits per heavy atom. The number of methoxy groups -OCH3 is 1. The van der Waals surface area contributed by atoms with Crippen LogP contribution in [-0.4, -0.2) is 30.1 Å². The number of aryl methyl sites for hydroxylation is 2. The number of phenols is 1. The SMILES string of the molecule is COc1ccc(O)c(C(=O)OC(C)C(=O)c2ccc3c(c2)CCC3)c1. The molecule has 0 aliphatic heterocycles. The number of fused-ring (bicyclic) bond motifs is 1. The number of hydrogen-bond acceptors (Lipinski definition) is 5. The molecule has 0 bridgehead atoms. The first-order chi connectivity index (χ1) is 12.0. The second-order valence-electron chi connectivity index (χ2n) is 6.13. The normalized spacial score (nSPS) is 13.8. The monoisotopic (exact) mass is 340 g/mol. The van der Waals surface area contributed by atoms with E-state index in [1.54, 1.807) is 6.07 Å². The minimum absolute atomic E-state index is 0.0343. The van der Waals surface area contributed by atoms with Crippen molar-refractivity contribution in [3.05, 3.63) is 58.7 Å². The van der Waals surface area contributed by atoms with Crippen molar-refractivity contribution in [3.8, 4) is 11.5 Å². The smallest absolute Gasteiger partial charge is 0.342 e. The Labute approximate surface area is 146 Å². The number of hydrogen-bond donors (Lipinski definition) is 1. The number of rotatable bonds is 5. The first-order valence-corrected chi connectivity index (χ1v) is 8.23. The van der Waals surface area contributed by atoms with Crippen LogP contribution >= 0.6 is 0 Å². The predicted octanol–water partition coefficient (Wildman–Crippen LogP) is 3.32. The molecule has 1 aliphatic carbocycles. The lowest BCUT2D eigenvalue weighted by Crippen LogP contribution is -2.24. The molecule has 0 saturated heterocycles. The summed E-state index contributed by atoms with van der Waals surface area (Å²) in [7, 11) is 1.46. The van der Waals surface area contributed by atoms with Gasteiger partial charge in [-0.2, -0.15) is 0 Å². The molecular formula is C20H20O5. The molecule has 2 aromatic rings. The maximum Gasteiger partial charge on any atom is 0.342 e. The van der Waals surface area contributed by atoms with Crippen molar-refractivity contribution >= 4 is 11.8 Å². The zero-order valence-corrected chi connectivity index (χ0v) is 14.2. The van der Waals surface area contributed by atoms with Crippen LogP contribution in [0.4, 0.5) is 0 Å². The van der Waals surface area contributed by atoms with Crippen molar-refractivity contribution in [2.24, 2.45) is 0 Å². The van der Waals surface area contributed by atoms with Crippen LogP contribution < -0.4 is 4.74 Å². The van der Waals surface area contributed by atoms with E-state index >= 15 is 0 Å². The lowest BCUT2D eigenvalue weighted by atomic mass is 10.0. The van der Waals surface area contributed by atoms with E-state index in [9.17, 15) is 14.7 Å². The molecule has 130 valence electrons. The number of ether oxygens (including phenoxy) is 2. The van der Waals surface area contributed by atoms with Gasteiger partial charge in [0.2, 0.25) is 5.78 Å². The Balaban J connectivity index is 1.74. The van der Waals surface area contributed by atoms with Crippen LogP contribution in [0.1, 0.15) is 45.2 Å². The van der Waals surface area contributed by atoms with E-state index in [0.717, 1.165) is 19.3 Å². The predicted molar refractivity (Wildman–Crippen MR) is 92.3 cm³/mol. The Morgan fingerprint density at radius 1 is 1.08 bits per heavy atom. The van der Waals surface area contributed by atoms with E-state index in [2.05, 4.69) is 0 Å². The zero-order valence-electron chi connectivity index (χ0n) is 14.2. The average Bonchev–Trinajstić information content (AvgIpc) is 3.09. The third-order valence-electron chi connectivity index (χ3n) is 4.46. The summed E-state index contributed by atoms with van der Waals surface area (Å²) in [5.41, 5.74) is 2.97. The highest BCUT2D eigenvalue weighted by Crippen LogP contribution is 2.26. The molecule has 0 spiro atoms. The number of ketones is 1. The van der Waals surface area contributed by atoms with Crippen molar-refractivity contribution in [2.45, 2.75) is 32.3 Å². The number of esters is 1. The van der Waals surface area contributed by atoms with Crippen molar-refractivity contribution in [3.63, 3.8) is 0 Å². The van der Waals surface area contributed by atoms with Gasteiger partial charge in [0.25, 0.3) is 0 Å². The molecule has 1 atom stereocenters. The maximum atomic E-state index is 12.6. The summed E-state index contributed by atoms with van der Waals surface area (Å²) < 4.78 is 10.3. The number of Topliss-reactive ketones (excluding diaryl/α,β-unsaturated/α-hetero) is 1. The summed E-state index contributed by atoms with van der Waals surface area (Å²) in [6.07, 6.45) is 2.18. The zero-order chi connectivity index (χ0) is 18.0. The maximum absolute atomic E-state index is 12.6. The van der Waals surface area contributed by atoms with E-state index in [-0.39, 0.29) is 17.1 Å². The molecule has 5 heteroatoms. The summed E-state index contributed by atoms with van der Waals surface area (Å²) in [6.45, 7) is 1.53. The summed E-state index contributed by atoms with van der Waals surface area (Å²) in [4.78, 5) is 24.8. The van der Waals surface area contributed by atoms with Gasteiger partial charge in [-0.15, -0.1) is 0 Å². The van der Waals surface area contributed by atoms with E-state index < -0.39 is 12.1 Å². The van der Waals surface area contributed by atoms with Crippen LogP contribution in [0.2, 0.25) is 0 Å². The summed E-state index contributed by atoms with van der Waals surface area (Å²) in [5, 5.41) is 9.83. The Hall–Kier alpha value is -2.82. The van der Waals surface area contributed by atoms with E-state index in [4.69, 9.17) is 9.47 Å². The van der Waals surface area contributed by atoms with Gasteiger partial charge < -0.3 is 14.6 Å². The van der Waals surface area contributed by atoms with Gasteiger partial charge in [0.15, 0.2) is 6.10 Å². The molecule has 0 fully saturated rings. The lowest BCUT2D eigenvalue weighted by Gasteiger charge is -2.14. The Kier molecular flexibility index (Phi) is 4.74. The molecule has 3 rings (SSSR count). The lowest BCUT2D eigenvalue weighted by molar-refractivity contribution is 0.0315. The van der Waals surface area contributed by atoms with Gasteiger partial charge in [-0.3, -0.25) is 4.79 Å². The first kappa shape index (κ1) is 17.0. The topological polar surface area (TPSA) is 72.8 Å². The number of carbonyl (C=O) groups excluding carboxylic acids is 2. The Bertz CT molecular complexity index is 825. The molecule has 5 nitrogen and oxygen atoms in total. The molecule has 0 saturated carbocycles. The molecule has 0 aromatic heterocycles. The third-order valence-corrected chi connectivity index (χ3v) is 4.46. The van der Waals surface area contributed by atoms with Gasteiger partial charge in [0.1, 0.15) is 17.1 Å². The second-order valence-corrected chi connectivity index (χ2v) is 6.13. The largest absolute Gasteiger partial charge is 0.507 e. The van der Waals surface area contributed by atoms with Gasteiger partial charge in [0.05, 0.1) is 7.11 Å². The van der Waals surface area contributed by atoms with Gasteiger partial charge in [0, 0.05) is 5.56 Å². The molecular weight excluding hydrogens is 320 g/mol. The molecule has 1 aliphatic rings. The van der Waals surface area contributed by atoms with E-state index in [0.29, 0.717) is 11.3 Å². The van der Waals surface area contributed by atoms with E-state index in [1.807, 2.05) is 12.1 Å². The van der Waals surface area contributed by atoms with Crippen molar-refractivity contribution in [2.75, 3.05) is 7.11 Å². The van der Waals surface area contributed by atoms with Crippen LogP contribution in [0.5, 0.6) is 11.5 Å². The third kappa shape index (κ3) is 3.50. The van der Waals surface area contributed by atoms with Crippen LogP contribution in [0.25, 0.3) is 0 Å². The number of benzene rings is 2. The van der Waals surface area contributed by atoms with Crippen LogP contribution in [0.3, 0.4) is 0 Å². The minimum Gasteiger partial charge on any atom is -0.507 e. The van der Waals surface area contributed by atoms with Gasteiger partial charge >= 0.3 is 5.97 Å². The van der Waals surface area contributed by atoms with Crippen molar-refractivity contribution in [1.29, 1.82) is 0 Å². The summed E-state index contributed by atoms with van der Waals surface area (Å²) >= 11 is 0. The number of phenolic OH excluding ortho intramolecular Hbond substituents is 1. The standard InChI is InChI=1S/C20H20O5/c1-12(19(22)15-7-6-13-4-3-5-14(13)10-15)25-20(23)17-11-16(24-2)8-9-18(17)21/h6-12,21H,3-5H2,1-2H3. The van der Waals surface area contributed by atoms with Gasteiger partial charge in [-0.1, -0.05) is 12.1 Å². The fraction of sp³-hybridized carbons (Fsp3) is 0.300. The number of carbonyl (C=O) groups is 2. The second kappa shape index (κ2) is 6.97. The molecule has 0 amide bonds.